The van der Waals surface area contributed by atoms with E-state index in [2.05, 4.69) is 17.2 Å². The van der Waals surface area contributed by atoms with Gasteiger partial charge in [0.15, 0.2) is 0 Å². The fraction of sp³-hybridized carbons (Fsp3) is 0.375. The van der Waals surface area contributed by atoms with Crippen molar-refractivity contribution in [2.45, 2.75) is 32.4 Å². The topological polar surface area (TPSA) is 51.2 Å². The maximum absolute atomic E-state index is 12.2. The van der Waals surface area contributed by atoms with Crippen LogP contribution in [0.1, 0.15) is 41.7 Å². The van der Waals surface area contributed by atoms with Crippen molar-refractivity contribution in [1.82, 2.24) is 10.3 Å². The number of nitrogens with zero attached hydrogens (tertiary/aromatic N) is 1. The number of rotatable bonds is 6. The smallest absolute Gasteiger partial charge is 0.327 e. The molecule has 6 heteroatoms. The van der Waals surface area contributed by atoms with Crippen LogP contribution in [0.3, 0.4) is 0 Å². The average Bonchev–Trinajstić information content (AvgIpc) is 2.95. The Balaban J connectivity index is 2.30. The van der Waals surface area contributed by atoms with Crippen molar-refractivity contribution in [3.63, 3.8) is 0 Å². The molecule has 2 atom stereocenters. The van der Waals surface area contributed by atoms with Crippen LogP contribution in [0.25, 0.3) is 0 Å². The van der Waals surface area contributed by atoms with E-state index in [1.165, 1.54) is 7.11 Å². The van der Waals surface area contributed by atoms with E-state index in [9.17, 15) is 4.79 Å². The highest BCUT2D eigenvalue weighted by atomic mass is 35.5. The van der Waals surface area contributed by atoms with Crippen LogP contribution in [0, 0.1) is 6.92 Å². The summed E-state index contributed by atoms with van der Waals surface area (Å²) in [4.78, 5) is 16.7. The lowest BCUT2D eigenvalue weighted by Gasteiger charge is -2.23. The minimum absolute atomic E-state index is 0.0286. The molecular weight excluding hydrogens is 320 g/mol. The third-order valence-electron chi connectivity index (χ3n) is 3.36. The summed E-state index contributed by atoms with van der Waals surface area (Å²) in [6, 6.07) is 6.64. The molecule has 1 aromatic carbocycles. The number of aromatic nitrogens is 1. The van der Waals surface area contributed by atoms with Crippen LogP contribution in [0.5, 0.6) is 0 Å². The summed E-state index contributed by atoms with van der Waals surface area (Å²) in [5.41, 5.74) is 1.69. The molecule has 1 N–H and O–H groups in total. The molecule has 0 amide bonds. The first-order valence-corrected chi connectivity index (χ1v) is 8.32. The quantitative estimate of drug-likeness (QED) is 0.807. The zero-order chi connectivity index (χ0) is 16.1. The molecule has 22 heavy (non-hydrogen) atoms. The van der Waals surface area contributed by atoms with Crippen molar-refractivity contribution in [3.8, 4) is 0 Å². The number of carbonyl (C=O) groups excluding carboxylic acids is 1. The van der Waals surface area contributed by atoms with Gasteiger partial charge in [0.1, 0.15) is 11.0 Å². The Morgan fingerprint density at radius 1 is 1.45 bits per heavy atom. The van der Waals surface area contributed by atoms with Gasteiger partial charge in [-0.1, -0.05) is 36.7 Å². The molecule has 0 aliphatic heterocycles. The average molecular weight is 339 g/mol. The Labute approximate surface area is 139 Å². The molecule has 0 radical (unpaired) electrons. The van der Waals surface area contributed by atoms with Crippen molar-refractivity contribution < 1.29 is 9.53 Å². The van der Waals surface area contributed by atoms with E-state index >= 15 is 0 Å². The SMILES string of the molecule is CC[C@H](N[C@H](C(=O)OC)c1ccccc1Cl)c1nc(C)cs1. The lowest BCUT2D eigenvalue weighted by Crippen LogP contribution is -2.33. The first kappa shape index (κ1) is 16.9. The lowest BCUT2D eigenvalue weighted by atomic mass is 10.1. The summed E-state index contributed by atoms with van der Waals surface area (Å²) >= 11 is 7.82. The van der Waals surface area contributed by atoms with Crippen LogP contribution < -0.4 is 5.32 Å². The summed E-state index contributed by atoms with van der Waals surface area (Å²) in [7, 11) is 1.38. The fourth-order valence-corrected chi connectivity index (χ4v) is 3.39. The van der Waals surface area contributed by atoms with E-state index in [1.54, 1.807) is 17.4 Å². The van der Waals surface area contributed by atoms with Gasteiger partial charge in [-0.25, -0.2) is 9.78 Å². The molecule has 0 aliphatic rings. The Bertz CT molecular complexity index is 645. The molecule has 0 aliphatic carbocycles. The van der Waals surface area contributed by atoms with E-state index in [0.29, 0.717) is 10.6 Å². The maximum atomic E-state index is 12.2. The molecule has 118 valence electrons. The van der Waals surface area contributed by atoms with E-state index in [1.807, 2.05) is 30.5 Å². The molecule has 0 saturated carbocycles. The fourth-order valence-electron chi connectivity index (χ4n) is 2.21. The number of thiazole rings is 1. The van der Waals surface area contributed by atoms with Crippen LogP contribution in [-0.2, 0) is 9.53 Å². The van der Waals surface area contributed by atoms with Crippen molar-refractivity contribution in [1.29, 1.82) is 0 Å². The summed E-state index contributed by atoms with van der Waals surface area (Å²) in [5.74, 6) is -0.361. The zero-order valence-electron chi connectivity index (χ0n) is 12.8. The highest BCUT2D eigenvalue weighted by molar-refractivity contribution is 7.09. The number of benzene rings is 1. The number of hydrogen-bond acceptors (Lipinski definition) is 5. The van der Waals surface area contributed by atoms with Crippen molar-refractivity contribution >= 4 is 28.9 Å². The predicted octanol–water partition coefficient (Wildman–Crippen LogP) is 4.06. The summed E-state index contributed by atoms with van der Waals surface area (Å²) < 4.78 is 4.93. The summed E-state index contributed by atoms with van der Waals surface area (Å²) in [5, 5.41) is 6.83. The first-order valence-electron chi connectivity index (χ1n) is 7.07. The molecule has 0 spiro atoms. The van der Waals surface area contributed by atoms with Gasteiger partial charge in [0.2, 0.25) is 0 Å². The predicted molar refractivity (Wildman–Crippen MR) is 89.2 cm³/mol. The third-order valence-corrected chi connectivity index (χ3v) is 4.78. The van der Waals surface area contributed by atoms with E-state index < -0.39 is 6.04 Å². The van der Waals surface area contributed by atoms with Crippen molar-refractivity contribution in [2.75, 3.05) is 7.11 Å². The van der Waals surface area contributed by atoms with E-state index in [0.717, 1.165) is 17.1 Å². The standard InChI is InChI=1S/C16H19ClN2O2S/c1-4-13(15-18-10(2)9-22-15)19-14(16(20)21-3)11-7-5-6-8-12(11)17/h5-9,13-14,19H,4H2,1-3H3/t13-,14-/m0/s1. The van der Waals surface area contributed by atoms with Crippen LogP contribution in [-0.4, -0.2) is 18.1 Å². The highest BCUT2D eigenvalue weighted by Gasteiger charge is 2.27. The van der Waals surface area contributed by atoms with Crippen molar-refractivity contribution in [3.05, 3.63) is 50.9 Å². The van der Waals surface area contributed by atoms with E-state index in [-0.39, 0.29) is 12.0 Å². The van der Waals surface area contributed by atoms with Gasteiger partial charge in [-0.05, 0) is 25.0 Å². The molecule has 4 nitrogen and oxygen atoms in total. The second kappa shape index (κ2) is 7.72. The Morgan fingerprint density at radius 3 is 2.73 bits per heavy atom. The summed E-state index contributed by atoms with van der Waals surface area (Å²) in [6.45, 7) is 4.01. The molecule has 1 heterocycles. The van der Waals surface area contributed by atoms with Crippen LogP contribution in [0.15, 0.2) is 29.6 Å². The van der Waals surface area contributed by atoms with Crippen LogP contribution in [0.4, 0.5) is 0 Å². The number of hydrogen-bond donors (Lipinski definition) is 1. The van der Waals surface area contributed by atoms with Gasteiger partial charge >= 0.3 is 5.97 Å². The van der Waals surface area contributed by atoms with Gasteiger partial charge in [0.05, 0.1) is 13.2 Å². The highest BCUT2D eigenvalue weighted by Crippen LogP contribution is 2.29. The first-order chi connectivity index (χ1) is 10.6. The van der Waals surface area contributed by atoms with Crippen molar-refractivity contribution in [2.24, 2.45) is 0 Å². The maximum Gasteiger partial charge on any atom is 0.327 e. The Kier molecular flexibility index (Phi) is 5.94. The second-order valence-corrected chi connectivity index (χ2v) is 6.23. The number of esters is 1. The molecule has 0 unspecified atom stereocenters. The van der Waals surface area contributed by atoms with Gasteiger partial charge in [0, 0.05) is 16.1 Å². The number of nitrogens with one attached hydrogen (secondary N) is 1. The lowest BCUT2D eigenvalue weighted by molar-refractivity contribution is -0.143. The van der Waals surface area contributed by atoms with Gasteiger partial charge in [-0.2, -0.15) is 0 Å². The molecule has 1 aromatic heterocycles. The minimum Gasteiger partial charge on any atom is -0.468 e. The molecule has 2 aromatic rings. The van der Waals surface area contributed by atoms with Gasteiger partial charge < -0.3 is 4.74 Å². The summed E-state index contributed by atoms with van der Waals surface area (Å²) in [6.07, 6.45) is 0.810. The van der Waals surface area contributed by atoms with Gasteiger partial charge in [0.25, 0.3) is 0 Å². The molecule has 0 fully saturated rings. The van der Waals surface area contributed by atoms with Crippen LogP contribution >= 0.6 is 22.9 Å². The number of aryl methyl sites for hydroxylation is 1. The Hall–Kier alpha value is -1.43. The molecule has 2 rings (SSSR count). The molecular formula is C16H19ClN2O2S. The minimum atomic E-state index is -0.618. The normalized spacial score (nSPS) is 13.6. The van der Waals surface area contributed by atoms with Gasteiger partial charge in [-0.15, -0.1) is 11.3 Å². The number of carbonyl (C=O) groups is 1. The monoisotopic (exact) mass is 338 g/mol. The zero-order valence-corrected chi connectivity index (χ0v) is 14.4. The van der Waals surface area contributed by atoms with Gasteiger partial charge in [-0.3, -0.25) is 5.32 Å². The number of halogens is 1. The third kappa shape index (κ3) is 3.85. The van der Waals surface area contributed by atoms with E-state index in [4.69, 9.17) is 16.3 Å². The largest absolute Gasteiger partial charge is 0.468 e. The number of methoxy groups -OCH3 is 1. The van der Waals surface area contributed by atoms with Crippen LogP contribution in [0.2, 0.25) is 5.02 Å². The molecule has 0 saturated heterocycles. The number of ether oxygens (including phenoxy) is 1. The second-order valence-electron chi connectivity index (χ2n) is 4.93. The molecule has 0 bridgehead atoms. The Morgan fingerprint density at radius 2 is 2.18 bits per heavy atom.